The van der Waals surface area contributed by atoms with Crippen LogP contribution in [0.5, 0.6) is 0 Å². The molecule has 0 spiro atoms. The average molecular weight is 434 g/mol. The number of pyridine rings is 1. The Morgan fingerprint density at radius 3 is 2.55 bits per heavy atom. The number of aromatic amines is 1. The standard InChI is InChI=1S/C20H23N3O4S2/c1-4-23(5-2)29(26,27)14-8-9-17-15(11-14)16(12-19(24)22-17)20(25)21-13(3)18-7-6-10-28-18/h6-13H,4-5H2,1-3H3,(H,21,25)(H,22,24). The van der Waals surface area contributed by atoms with Gasteiger partial charge in [0.25, 0.3) is 5.91 Å². The van der Waals surface area contributed by atoms with E-state index >= 15 is 0 Å². The fourth-order valence-electron chi connectivity index (χ4n) is 3.18. The van der Waals surface area contributed by atoms with Gasteiger partial charge in [-0.1, -0.05) is 19.9 Å². The monoisotopic (exact) mass is 433 g/mol. The number of hydrogen-bond acceptors (Lipinski definition) is 5. The maximum atomic E-state index is 12.9. The predicted octanol–water partition coefficient (Wildman–Crippen LogP) is 3.11. The summed E-state index contributed by atoms with van der Waals surface area (Å²) in [7, 11) is -3.69. The number of fused-ring (bicyclic) bond motifs is 1. The molecule has 3 rings (SSSR count). The Balaban J connectivity index is 2.07. The molecule has 0 radical (unpaired) electrons. The molecular formula is C20H23N3O4S2. The van der Waals surface area contributed by atoms with Gasteiger partial charge >= 0.3 is 0 Å². The number of nitrogens with zero attached hydrogens (tertiary/aromatic N) is 1. The molecule has 1 amide bonds. The van der Waals surface area contributed by atoms with E-state index in [0.717, 1.165) is 4.88 Å². The second-order valence-corrected chi connectivity index (χ2v) is 9.47. The number of carbonyl (C=O) groups excluding carboxylic acids is 1. The van der Waals surface area contributed by atoms with Crippen molar-refractivity contribution in [1.82, 2.24) is 14.6 Å². The molecule has 0 aliphatic carbocycles. The summed E-state index contributed by atoms with van der Waals surface area (Å²) in [6.45, 7) is 6.08. The largest absolute Gasteiger partial charge is 0.345 e. The lowest BCUT2D eigenvalue weighted by molar-refractivity contribution is 0.0942. The number of benzene rings is 1. The summed E-state index contributed by atoms with van der Waals surface area (Å²) in [6, 6.07) is 9.19. The van der Waals surface area contributed by atoms with E-state index < -0.39 is 21.5 Å². The number of aromatic nitrogens is 1. The van der Waals surface area contributed by atoms with Crippen molar-refractivity contribution < 1.29 is 13.2 Å². The molecule has 29 heavy (non-hydrogen) atoms. The fraction of sp³-hybridized carbons (Fsp3) is 0.300. The Hall–Kier alpha value is -2.49. The first-order valence-corrected chi connectivity index (χ1v) is 11.6. The van der Waals surface area contributed by atoms with E-state index in [-0.39, 0.29) is 16.5 Å². The molecule has 0 aliphatic heterocycles. The van der Waals surface area contributed by atoms with Crippen LogP contribution in [0.3, 0.4) is 0 Å². The van der Waals surface area contributed by atoms with Crippen molar-refractivity contribution in [3.8, 4) is 0 Å². The third-order valence-electron chi connectivity index (χ3n) is 4.72. The Labute approximate surface area is 173 Å². The highest BCUT2D eigenvalue weighted by Crippen LogP contribution is 2.24. The van der Waals surface area contributed by atoms with Gasteiger partial charge in [-0.2, -0.15) is 4.31 Å². The van der Waals surface area contributed by atoms with Crippen LogP contribution in [0.2, 0.25) is 0 Å². The van der Waals surface area contributed by atoms with Crippen LogP contribution in [-0.2, 0) is 10.0 Å². The van der Waals surface area contributed by atoms with Gasteiger partial charge in [0.2, 0.25) is 15.6 Å². The van der Waals surface area contributed by atoms with Crippen LogP contribution in [-0.4, -0.2) is 36.7 Å². The molecule has 9 heteroatoms. The van der Waals surface area contributed by atoms with E-state index in [1.807, 2.05) is 24.4 Å². The van der Waals surface area contributed by atoms with E-state index in [2.05, 4.69) is 10.3 Å². The Morgan fingerprint density at radius 1 is 1.21 bits per heavy atom. The van der Waals surface area contributed by atoms with Gasteiger partial charge in [-0.25, -0.2) is 8.42 Å². The fourth-order valence-corrected chi connectivity index (χ4v) is 5.40. The molecule has 0 fully saturated rings. The summed E-state index contributed by atoms with van der Waals surface area (Å²) >= 11 is 1.52. The molecule has 0 bridgehead atoms. The number of rotatable bonds is 7. The molecule has 0 saturated carbocycles. The zero-order chi connectivity index (χ0) is 21.2. The molecule has 1 aromatic carbocycles. The minimum atomic E-state index is -3.69. The van der Waals surface area contributed by atoms with Gasteiger partial charge in [0.05, 0.1) is 16.5 Å². The van der Waals surface area contributed by atoms with Crippen molar-refractivity contribution in [1.29, 1.82) is 0 Å². The number of thiophene rings is 1. The van der Waals surface area contributed by atoms with E-state index in [1.54, 1.807) is 13.8 Å². The van der Waals surface area contributed by atoms with Crippen LogP contribution in [0.1, 0.15) is 42.0 Å². The number of hydrogen-bond donors (Lipinski definition) is 2. The van der Waals surface area contributed by atoms with E-state index in [1.165, 1.54) is 39.9 Å². The van der Waals surface area contributed by atoms with Crippen LogP contribution in [0.25, 0.3) is 10.9 Å². The Bertz CT molecular complexity index is 1180. The van der Waals surface area contributed by atoms with Crippen LogP contribution >= 0.6 is 11.3 Å². The van der Waals surface area contributed by atoms with E-state index in [4.69, 9.17) is 0 Å². The third-order valence-corrected chi connectivity index (χ3v) is 7.82. The maximum absolute atomic E-state index is 12.9. The Kier molecular flexibility index (Phi) is 6.21. The van der Waals surface area contributed by atoms with E-state index in [0.29, 0.717) is 24.0 Å². The van der Waals surface area contributed by atoms with Crippen molar-refractivity contribution in [3.05, 3.63) is 62.6 Å². The Morgan fingerprint density at radius 2 is 1.93 bits per heavy atom. The molecule has 7 nitrogen and oxygen atoms in total. The summed E-state index contributed by atoms with van der Waals surface area (Å²) in [5.74, 6) is -0.431. The van der Waals surface area contributed by atoms with Crippen LogP contribution in [0.15, 0.2) is 51.5 Å². The molecular weight excluding hydrogens is 410 g/mol. The molecule has 2 heterocycles. The van der Waals surface area contributed by atoms with Gasteiger partial charge in [-0.15, -0.1) is 11.3 Å². The molecule has 1 unspecified atom stereocenters. The topological polar surface area (TPSA) is 99.3 Å². The number of H-pyrrole nitrogens is 1. The smallest absolute Gasteiger partial charge is 0.252 e. The van der Waals surface area contributed by atoms with Crippen molar-refractivity contribution >= 4 is 38.2 Å². The minimum absolute atomic E-state index is 0.0844. The summed E-state index contributed by atoms with van der Waals surface area (Å²) < 4.78 is 27.1. The molecule has 2 N–H and O–H groups in total. The summed E-state index contributed by atoms with van der Waals surface area (Å²) in [5.41, 5.74) is 0.124. The minimum Gasteiger partial charge on any atom is -0.345 e. The van der Waals surface area contributed by atoms with Crippen molar-refractivity contribution in [3.63, 3.8) is 0 Å². The molecule has 0 aliphatic rings. The van der Waals surface area contributed by atoms with E-state index in [9.17, 15) is 18.0 Å². The first-order valence-electron chi connectivity index (χ1n) is 9.29. The lowest BCUT2D eigenvalue weighted by atomic mass is 10.1. The van der Waals surface area contributed by atoms with Gasteiger partial charge in [-0.05, 0) is 36.6 Å². The van der Waals surface area contributed by atoms with Crippen LogP contribution in [0.4, 0.5) is 0 Å². The first-order chi connectivity index (χ1) is 13.8. The second-order valence-electron chi connectivity index (χ2n) is 6.55. The highest BCUT2D eigenvalue weighted by molar-refractivity contribution is 7.89. The van der Waals surface area contributed by atoms with Gasteiger partial charge in [0.1, 0.15) is 0 Å². The molecule has 3 aromatic rings. The zero-order valence-electron chi connectivity index (χ0n) is 16.4. The van der Waals surface area contributed by atoms with Crippen molar-refractivity contribution in [2.75, 3.05) is 13.1 Å². The second kappa shape index (κ2) is 8.48. The number of sulfonamides is 1. The van der Waals surface area contributed by atoms with Gasteiger partial charge in [0.15, 0.2) is 0 Å². The molecule has 2 aromatic heterocycles. The number of amides is 1. The van der Waals surface area contributed by atoms with Gasteiger partial charge in [0, 0.05) is 34.9 Å². The molecule has 154 valence electrons. The number of carbonyl (C=O) groups is 1. The lowest BCUT2D eigenvalue weighted by Crippen LogP contribution is -2.30. The lowest BCUT2D eigenvalue weighted by Gasteiger charge is -2.19. The van der Waals surface area contributed by atoms with Gasteiger partial charge < -0.3 is 10.3 Å². The van der Waals surface area contributed by atoms with Crippen molar-refractivity contribution in [2.24, 2.45) is 0 Å². The quantitative estimate of drug-likeness (QED) is 0.598. The first kappa shape index (κ1) is 21.2. The van der Waals surface area contributed by atoms with Crippen LogP contribution < -0.4 is 10.9 Å². The van der Waals surface area contributed by atoms with Gasteiger partial charge in [-0.3, -0.25) is 9.59 Å². The SMILES string of the molecule is CCN(CC)S(=O)(=O)c1ccc2[nH]c(=O)cc(C(=O)NC(C)c3cccs3)c2c1. The number of nitrogens with one attached hydrogen (secondary N) is 2. The maximum Gasteiger partial charge on any atom is 0.252 e. The normalized spacial score (nSPS) is 13.0. The summed E-state index contributed by atoms with van der Waals surface area (Å²) in [5, 5.41) is 5.18. The van der Waals surface area contributed by atoms with Crippen molar-refractivity contribution in [2.45, 2.75) is 31.7 Å². The summed E-state index contributed by atoms with van der Waals surface area (Å²) in [4.78, 5) is 28.7. The average Bonchev–Trinajstić information content (AvgIpc) is 3.22. The molecule has 1 atom stereocenters. The molecule has 0 saturated heterocycles. The van der Waals surface area contributed by atoms with Crippen LogP contribution in [0, 0.1) is 0 Å². The predicted molar refractivity (Wildman–Crippen MR) is 115 cm³/mol. The highest BCUT2D eigenvalue weighted by atomic mass is 32.2. The third kappa shape index (κ3) is 4.26. The summed E-state index contributed by atoms with van der Waals surface area (Å²) in [6.07, 6.45) is 0. The highest BCUT2D eigenvalue weighted by Gasteiger charge is 2.23. The zero-order valence-corrected chi connectivity index (χ0v) is 18.1.